The van der Waals surface area contributed by atoms with Crippen molar-refractivity contribution in [2.45, 2.75) is 6.42 Å². The van der Waals surface area contributed by atoms with Crippen LogP contribution in [-0.2, 0) is 0 Å². The molecule has 1 aliphatic heterocycles. The Morgan fingerprint density at radius 2 is 1.42 bits per heavy atom. The summed E-state index contributed by atoms with van der Waals surface area (Å²) in [7, 11) is -0.293. The Morgan fingerprint density at radius 1 is 0.842 bits per heavy atom. The number of allylic oxidation sites excluding steroid dienone is 1. The van der Waals surface area contributed by atoms with Crippen molar-refractivity contribution in [2.24, 2.45) is 0 Å². The van der Waals surface area contributed by atoms with Crippen LogP contribution in [0.25, 0.3) is 0 Å². The van der Waals surface area contributed by atoms with Crippen molar-refractivity contribution in [3.05, 3.63) is 72.4 Å². The third-order valence-electron chi connectivity index (χ3n) is 3.35. The molecule has 0 bridgehead atoms. The van der Waals surface area contributed by atoms with Crippen LogP contribution in [0, 0.1) is 0 Å². The van der Waals surface area contributed by atoms with E-state index >= 15 is 0 Å². The van der Waals surface area contributed by atoms with Crippen molar-refractivity contribution < 1.29 is 0 Å². The third-order valence-corrected chi connectivity index (χ3v) is 5.85. The number of hydrogen-bond acceptors (Lipinski definition) is 1. The average Bonchev–Trinajstić information content (AvgIpc) is 3.00. The molecular formula is C17H18NP. The van der Waals surface area contributed by atoms with Crippen molar-refractivity contribution in [1.82, 2.24) is 5.32 Å². The molecule has 0 atom stereocenters. The van der Waals surface area contributed by atoms with Crippen LogP contribution in [0.3, 0.4) is 0 Å². The van der Waals surface area contributed by atoms with Crippen LogP contribution >= 0.6 is 7.92 Å². The highest BCUT2D eigenvalue weighted by molar-refractivity contribution is 7.73. The molecule has 0 fully saturated rings. The van der Waals surface area contributed by atoms with Gasteiger partial charge in [-0.05, 0) is 25.0 Å². The lowest BCUT2D eigenvalue weighted by molar-refractivity contribution is 0.878. The fourth-order valence-corrected chi connectivity index (χ4v) is 4.70. The molecule has 1 aliphatic rings. The summed E-state index contributed by atoms with van der Waals surface area (Å²) in [6.45, 7) is 1.10. The van der Waals surface area contributed by atoms with Crippen molar-refractivity contribution in [3.8, 4) is 0 Å². The Hall–Kier alpha value is -1.59. The molecule has 0 saturated carbocycles. The summed E-state index contributed by atoms with van der Waals surface area (Å²) in [5.41, 5.74) is 1.42. The van der Waals surface area contributed by atoms with Crippen LogP contribution in [0.15, 0.2) is 72.4 Å². The summed E-state index contributed by atoms with van der Waals surface area (Å²) in [4.78, 5) is 0. The predicted octanol–water partition coefficient (Wildman–Crippen LogP) is 3.00. The maximum atomic E-state index is 3.50. The lowest BCUT2D eigenvalue weighted by Crippen LogP contribution is -2.18. The molecule has 96 valence electrons. The first kappa shape index (κ1) is 12.4. The first-order valence-electron chi connectivity index (χ1n) is 6.74. The first-order chi connectivity index (χ1) is 9.43. The fourth-order valence-electron chi connectivity index (χ4n) is 2.39. The van der Waals surface area contributed by atoms with Gasteiger partial charge in [0.25, 0.3) is 0 Å². The van der Waals surface area contributed by atoms with Crippen molar-refractivity contribution in [2.75, 3.05) is 12.7 Å². The van der Waals surface area contributed by atoms with E-state index < -0.39 is 0 Å². The minimum atomic E-state index is -0.293. The molecule has 0 radical (unpaired) electrons. The van der Waals surface area contributed by atoms with E-state index in [1.807, 2.05) is 0 Å². The van der Waals surface area contributed by atoms with E-state index in [0.717, 1.165) is 12.7 Å². The minimum Gasteiger partial charge on any atom is -0.388 e. The Kier molecular flexibility index (Phi) is 3.95. The third kappa shape index (κ3) is 3.05. The van der Waals surface area contributed by atoms with Gasteiger partial charge < -0.3 is 5.32 Å². The molecule has 19 heavy (non-hydrogen) atoms. The van der Waals surface area contributed by atoms with Crippen LogP contribution in [0.1, 0.15) is 6.42 Å². The zero-order valence-corrected chi connectivity index (χ0v) is 11.8. The second-order valence-corrected chi connectivity index (χ2v) is 6.91. The highest BCUT2D eigenvalue weighted by Crippen LogP contribution is 2.35. The quantitative estimate of drug-likeness (QED) is 0.840. The largest absolute Gasteiger partial charge is 0.388 e. The highest BCUT2D eigenvalue weighted by Gasteiger charge is 2.16. The monoisotopic (exact) mass is 267 g/mol. The van der Waals surface area contributed by atoms with Gasteiger partial charge in [-0.2, -0.15) is 0 Å². The molecule has 0 unspecified atom stereocenters. The molecule has 3 rings (SSSR count). The van der Waals surface area contributed by atoms with Crippen LogP contribution in [0.4, 0.5) is 0 Å². The molecule has 2 aromatic carbocycles. The van der Waals surface area contributed by atoms with E-state index in [1.165, 1.54) is 22.7 Å². The van der Waals surface area contributed by atoms with Gasteiger partial charge in [0.15, 0.2) is 0 Å². The lowest BCUT2D eigenvalue weighted by atomic mass is 10.4. The first-order valence-corrected chi connectivity index (χ1v) is 8.27. The van der Waals surface area contributed by atoms with Crippen molar-refractivity contribution in [3.63, 3.8) is 0 Å². The lowest BCUT2D eigenvalue weighted by Gasteiger charge is -2.19. The van der Waals surface area contributed by atoms with Gasteiger partial charge in [0.05, 0.1) is 0 Å². The number of rotatable bonds is 4. The van der Waals surface area contributed by atoms with E-state index in [-0.39, 0.29) is 7.92 Å². The molecule has 0 spiro atoms. The van der Waals surface area contributed by atoms with E-state index in [9.17, 15) is 0 Å². The summed E-state index contributed by atoms with van der Waals surface area (Å²) >= 11 is 0. The smallest absolute Gasteiger partial charge is 0.0179 e. The van der Waals surface area contributed by atoms with Crippen LogP contribution in [0.2, 0.25) is 0 Å². The summed E-state index contributed by atoms with van der Waals surface area (Å²) in [5, 5.41) is 6.42. The number of hydrogen-bond donors (Lipinski definition) is 1. The molecular weight excluding hydrogens is 249 g/mol. The van der Waals surface area contributed by atoms with Crippen LogP contribution in [-0.4, -0.2) is 12.7 Å². The minimum absolute atomic E-state index is 0.293. The SMILES string of the molecule is C1=C(CP(c2ccccc2)c2ccccc2)NCC1. The second kappa shape index (κ2) is 6.04. The van der Waals surface area contributed by atoms with Gasteiger partial charge in [0.2, 0.25) is 0 Å². The van der Waals surface area contributed by atoms with E-state index in [4.69, 9.17) is 0 Å². The molecule has 0 saturated heterocycles. The maximum Gasteiger partial charge on any atom is 0.0179 e. The zero-order chi connectivity index (χ0) is 12.9. The van der Waals surface area contributed by atoms with Gasteiger partial charge in [0, 0.05) is 18.4 Å². The summed E-state index contributed by atoms with van der Waals surface area (Å²) in [6, 6.07) is 21.8. The summed E-state index contributed by atoms with van der Waals surface area (Å²) in [5.74, 6) is 0. The second-order valence-electron chi connectivity index (χ2n) is 4.70. The molecule has 1 heterocycles. The van der Waals surface area contributed by atoms with E-state index in [0.29, 0.717) is 0 Å². The Balaban J connectivity index is 1.91. The normalized spacial score (nSPS) is 14.3. The van der Waals surface area contributed by atoms with Crippen LogP contribution in [0.5, 0.6) is 0 Å². The number of benzene rings is 2. The molecule has 2 aromatic rings. The Bertz CT molecular complexity index is 508. The van der Waals surface area contributed by atoms with Crippen LogP contribution < -0.4 is 15.9 Å². The molecule has 1 nitrogen and oxygen atoms in total. The fraction of sp³-hybridized carbons (Fsp3) is 0.176. The molecule has 0 amide bonds. The van der Waals surface area contributed by atoms with Gasteiger partial charge in [-0.15, -0.1) is 0 Å². The Labute approximate surface area is 116 Å². The van der Waals surface area contributed by atoms with Crippen molar-refractivity contribution in [1.29, 1.82) is 0 Å². The standard InChI is InChI=1S/C17H18NP/c1-3-9-16(10-4-1)19(14-15-8-7-13-18-15)17-11-5-2-6-12-17/h1-6,8-12,18H,7,13-14H2. The molecule has 0 aromatic heterocycles. The Morgan fingerprint density at radius 3 is 1.89 bits per heavy atom. The molecule has 2 heteroatoms. The van der Waals surface area contributed by atoms with E-state index in [2.05, 4.69) is 72.1 Å². The summed E-state index contributed by atoms with van der Waals surface area (Å²) < 4.78 is 0. The van der Waals surface area contributed by atoms with Gasteiger partial charge >= 0.3 is 0 Å². The average molecular weight is 267 g/mol. The number of nitrogens with one attached hydrogen (secondary N) is 1. The predicted molar refractivity (Wildman–Crippen MR) is 84.6 cm³/mol. The van der Waals surface area contributed by atoms with Gasteiger partial charge in [-0.3, -0.25) is 0 Å². The van der Waals surface area contributed by atoms with Crippen molar-refractivity contribution >= 4 is 18.5 Å². The van der Waals surface area contributed by atoms with Gasteiger partial charge in [-0.1, -0.05) is 66.7 Å². The maximum absolute atomic E-state index is 3.50. The molecule has 0 aliphatic carbocycles. The van der Waals surface area contributed by atoms with Gasteiger partial charge in [-0.25, -0.2) is 0 Å². The van der Waals surface area contributed by atoms with E-state index in [1.54, 1.807) is 0 Å². The highest BCUT2D eigenvalue weighted by atomic mass is 31.1. The summed E-state index contributed by atoms with van der Waals surface area (Å²) in [6.07, 6.45) is 4.65. The zero-order valence-electron chi connectivity index (χ0n) is 10.9. The van der Waals surface area contributed by atoms with Gasteiger partial charge in [0.1, 0.15) is 0 Å². The topological polar surface area (TPSA) is 12.0 Å². The molecule has 1 N–H and O–H groups in total.